The van der Waals surface area contributed by atoms with Crippen LogP contribution in [0, 0.1) is 0 Å². The lowest BCUT2D eigenvalue weighted by Crippen LogP contribution is -2.35. The van der Waals surface area contributed by atoms with Crippen LogP contribution in [-0.4, -0.2) is 39.4 Å². The summed E-state index contributed by atoms with van der Waals surface area (Å²) in [6, 6.07) is 3.33. The number of benzene rings is 1. The molecule has 1 N–H and O–H groups in total. The first kappa shape index (κ1) is 17.8. The first-order valence-electron chi connectivity index (χ1n) is 6.83. The maximum absolute atomic E-state index is 12.2. The smallest absolute Gasteiger partial charge is 0.251 e. The molecule has 0 aliphatic heterocycles. The number of amides is 1. The standard InChI is InChI=1S/C15H22BrNO4/c1-5-6-21-14-12(16)7-11(8-13(14)20-4)15(18)17-10(2)9-19-3/h7-8,10H,5-6,9H2,1-4H3,(H,17,18). The molecule has 1 unspecified atom stereocenters. The molecule has 0 fully saturated rings. The van der Waals surface area contributed by atoms with Crippen molar-refractivity contribution in [3.8, 4) is 11.5 Å². The van der Waals surface area contributed by atoms with Crippen LogP contribution in [0.3, 0.4) is 0 Å². The van der Waals surface area contributed by atoms with Crippen LogP contribution in [0.1, 0.15) is 30.6 Å². The fourth-order valence-electron chi connectivity index (χ4n) is 1.79. The Kier molecular flexibility index (Phi) is 7.53. The first-order chi connectivity index (χ1) is 10.0. The average Bonchev–Trinajstić information content (AvgIpc) is 2.45. The Bertz CT molecular complexity index is 479. The van der Waals surface area contributed by atoms with Crippen molar-refractivity contribution in [3.63, 3.8) is 0 Å². The lowest BCUT2D eigenvalue weighted by molar-refractivity contribution is 0.0905. The summed E-state index contributed by atoms with van der Waals surface area (Å²) in [6.07, 6.45) is 0.895. The highest BCUT2D eigenvalue weighted by molar-refractivity contribution is 9.10. The van der Waals surface area contributed by atoms with Crippen molar-refractivity contribution in [2.24, 2.45) is 0 Å². The zero-order valence-corrected chi connectivity index (χ0v) is 14.5. The normalized spacial score (nSPS) is 11.9. The number of halogens is 1. The highest BCUT2D eigenvalue weighted by Gasteiger charge is 2.16. The van der Waals surface area contributed by atoms with Crippen molar-refractivity contribution in [1.29, 1.82) is 0 Å². The Morgan fingerprint density at radius 2 is 2.10 bits per heavy atom. The summed E-state index contributed by atoms with van der Waals surface area (Å²) >= 11 is 3.42. The minimum Gasteiger partial charge on any atom is -0.493 e. The van der Waals surface area contributed by atoms with Gasteiger partial charge in [0.2, 0.25) is 0 Å². The van der Waals surface area contributed by atoms with Crippen molar-refractivity contribution in [2.45, 2.75) is 26.3 Å². The Balaban J connectivity index is 2.94. The van der Waals surface area contributed by atoms with Crippen LogP contribution in [0.15, 0.2) is 16.6 Å². The van der Waals surface area contributed by atoms with E-state index >= 15 is 0 Å². The molecule has 0 aromatic heterocycles. The molecule has 0 saturated carbocycles. The number of rotatable bonds is 8. The minimum absolute atomic E-state index is 0.0664. The molecule has 0 bridgehead atoms. The summed E-state index contributed by atoms with van der Waals surface area (Å²) < 4.78 is 16.6. The second-order valence-electron chi connectivity index (χ2n) is 4.67. The summed E-state index contributed by atoms with van der Waals surface area (Å²) in [5.41, 5.74) is 0.505. The van der Waals surface area contributed by atoms with E-state index in [0.717, 1.165) is 6.42 Å². The maximum atomic E-state index is 12.2. The van der Waals surface area contributed by atoms with Gasteiger partial charge in [-0.15, -0.1) is 0 Å². The first-order valence-corrected chi connectivity index (χ1v) is 7.62. The third kappa shape index (κ3) is 5.21. The molecule has 118 valence electrons. The third-order valence-corrected chi connectivity index (χ3v) is 3.33. The molecule has 1 atom stereocenters. The quantitative estimate of drug-likeness (QED) is 0.774. The van der Waals surface area contributed by atoms with Gasteiger partial charge in [-0.3, -0.25) is 4.79 Å². The molecule has 1 aromatic carbocycles. The van der Waals surface area contributed by atoms with E-state index in [-0.39, 0.29) is 11.9 Å². The van der Waals surface area contributed by atoms with E-state index in [2.05, 4.69) is 21.2 Å². The largest absolute Gasteiger partial charge is 0.493 e. The Morgan fingerprint density at radius 3 is 2.67 bits per heavy atom. The molecule has 0 radical (unpaired) electrons. The van der Waals surface area contributed by atoms with Crippen LogP contribution in [-0.2, 0) is 4.74 Å². The van der Waals surface area contributed by atoms with Gasteiger partial charge in [-0.2, -0.15) is 0 Å². The SMILES string of the molecule is CCCOc1c(Br)cc(C(=O)NC(C)COC)cc1OC. The maximum Gasteiger partial charge on any atom is 0.251 e. The van der Waals surface area contributed by atoms with Gasteiger partial charge in [0.25, 0.3) is 5.91 Å². The van der Waals surface area contributed by atoms with Crippen molar-refractivity contribution in [3.05, 3.63) is 22.2 Å². The molecule has 5 nitrogen and oxygen atoms in total. The van der Waals surface area contributed by atoms with Gasteiger partial charge in [-0.05, 0) is 41.4 Å². The van der Waals surface area contributed by atoms with Crippen molar-refractivity contribution >= 4 is 21.8 Å². The van der Waals surface area contributed by atoms with E-state index in [4.69, 9.17) is 14.2 Å². The molecular formula is C15H22BrNO4. The van der Waals surface area contributed by atoms with E-state index in [1.54, 1.807) is 26.4 Å². The van der Waals surface area contributed by atoms with Gasteiger partial charge in [-0.25, -0.2) is 0 Å². The topological polar surface area (TPSA) is 56.8 Å². The molecule has 6 heteroatoms. The van der Waals surface area contributed by atoms with Gasteiger partial charge in [-0.1, -0.05) is 6.92 Å². The van der Waals surface area contributed by atoms with Crippen molar-refractivity contribution in [2.75, 3.05) is 27.4 Å². The van der Waals surface area contributed by atoms with E-state index in [9.17, 15) is 4.79 Å². The molecule has 0 saturated heterocycles. The lowest BCUT2D eigenvalue weighted by atomic mass is 10.1. The summed E-state index contributed by atoms with van der Waals surface area (Å²) in [5.74, 6) is 0.962. The Hall–Kier alpha value is -1.27. The summed E-state index contributed by atoms with van der Waals surface area (Å²) in [7, 11) is 3.15. The number of nitrogens with one attached hydrogen (secondary N) is 1. The Morgan fingerprint density at radius 1 is 1.38 bits per heavy atom. The number of hydrogen-bond donors (Lipinski definition) is 1. The van der Waals surface area contributed by atoms with E-state index in [0.29, 0.717) is 34.7 Å². The van der Waals surface area contributed by atoms with Crippen LogP contribution in [0.2, 0.25) is 0 Å². The minimum atomic E-state index is -0.180. The van der Waals surface area contributed by atoms with E-state index < -0.39 is 0 Å². The van der Waals surface area contributed by atoms with Gasteiger partial charge in [0.05, 0.1) is 24.8 Å². The van der Waals surface area contributed by atoms with Gasteiger partial charge in [0.15, 0.2) is 11.5 Å². The predicted octanol–water partition coefficient (Wildman–Crippen LogP) is 3.01. The predicted molar refractivity (Wildman–Crippen MR) is 85.3 cm³/mol. The Labute approximate surface area is 134 Å². The second kappa shape index (κ2) is 8.89. The van der Waals surface area contributed by atoms with Crippen LogP contribution >= 0.6 is 15.9 Å². The molecule has 1 amide bonds. The number of methoxy groups -OCH3 is 2. The van der Waals surface area contributed by atoms with Crippen LogP contribution in [0.4, 0.5) is 0 Å². The fraction of sp³-hybridized carbons (Fsp3) is 0.533. The highest BCUT2D eigenvalue weighted by atomic mass is 79.9. The van der Waals surface area contributed by atoms with Gasteiger partial charge < -0.3 is 19.5 Å². The number of carbonyl (C=O) groups is 1. The molecule has 0 spiro atoms. The number of hydrogen-bond acceptors (Lipinski definition) is 4. The molecule has 21 heavy (non-hydrogen) atoms. The number of carbonyl (C=O) groups excluding carboxylic acids is 1. The van der Waals surface area contributed by atoms with E-state index in [1.807, 2.05) is 13.8 Å². The summed E-state index contributed by atoms with van der Waals surface area (Å²) in [6.45, 7) is 4.96. The van der Waals surface area contributed by atoms with Crippen LogP contribution in [0.25, 0.3) is 0 Å². The monoisotopic (exact) mass is 359 g/mol. The van der Waals surface area contributed by atoms with Gasteiger partial charge in [0.1, 0.15) is 0 Å². The van der Waals surface area contributed by atoms with Crippen molar-refractivity contribution in [1.82, 2.24) is 5.32 Å². The number of ether oxygens (including phenoxy) is 3. The lowest BCUT2D eigenvalue weighted by Gasteiger charge is -2.16. The third-order valence-electron chi connectivity index (χ3n) is 2.74. The van der Waals surface area contributed by atoms with Crippen LogP contribution in [0.5, 0.6) is 11.5 Å². The summed E-state index contributed by atoms with van der Waals surface area (Å²) in [5, 5.41) is 2.86. The zero-order chi connectivity index (χ0) is 15.8. The van der Waals surface area contributed by atoms with E-state index in [1.165, 1.54) is 0 Å². The molecule has 0 aliphatic carbocycles. The highest BCUT2D eigenvalue weighted by Crippen LogP contribution is 2.36. The van der Waals surface area contributed by atoms with Gasteiger partial charge >= 0.3 is 0 Å². The average molecular weight is 360 g/mol. The molecule has 1 aromatic rings. The van der Waals surface area contributed by atoms with Crippen molar-refractivity contribution < 1.29 is 19.0 Å². The zero-order valence-electron chi connectivity index (χ0n) is 12.9. The molecule has 1 rings (SSSR count). The second-order valence-corrected chi connectivity index (χ2v) is 5.52. The van der Waals surface area contributed by atoms with Gasteiger partial charge in [0, 0.05) is 18.7 Å². The molecule has 0 heterocycles. The summed E-state index contributed by atoms with van der Waals surface area (Å²) in [4.78, 5) is 12.2. The van der Waals surface area contributed by atoms with Crippen LogP contribution < -0.4 is 14.8 Å². The fourth-order valence-corrected chi connectivity index (χ4v) is 2.35. The molecule has 0 aliphatic rings. The molecular weight excluding hydrogens is 338 g/mol.